The van der Waals surface area contributed by atoms with Crippen LogP contribution in [0.1, 0.15) is 18.1 Å². The Hall–Kier alpha value is -1.04. The molecule has 0 aliphatic carbocycles. The van der Waals surface area contributed by atoms with Gasteiger partial charge in [-0.1, -0.05) is 24.4 Å². The number of thiocarbonyl (C=S) groups is 1. The highest BCUT2D eigenvalue weighted by atomic mass is 32.1. The highest BCUT2D eigenvalue weighted by molar-refractivity contribution is 7.80. The van der Waals surface area contributed by atoms with Gasteiger partial charge >= 0.3 is 0 Å². The third kappa shape index (κ3) is 3.49. The molecule has 1 fully saturated rings. The van der Waals surface area contributed by atoms with Gasteiger partial charge in [-0.25, -0.2) is 4.39 Å². The summed E-state index contributed by atoms with van der Waals surface area (Å²) in [6.07, 6.45) is 0. The molecule has 1 saturated heterocycles. The van der Waals surface area contributed by atoms with Crippen LogP contribution in [-0.4, -0.2) is 47.5 Å². The first-order valence-electron chi connectivity index (χ1n) is 6.48. The van der Waals surface area contributed by atoms with Gasteiger partial charge in [0.15, 0.2) is 0 Å². The van der Waals surface area contributed by atoms with Crippen LogP contribution in [0.5, 0.6) is 0 Å². The van der Waals surface area contributed by atoms with E-state index in [1.54, 1.807) is 12.1 Å². The molecule has 2 rings (SSSR count). The Balaban J connectivity index is 2.05. The van der Waals surface area contributed by atoms with Crippen LogP contribution in [0.15, 0.2) is 18.2 Å². The molecule has 0 spiro atoms. The molecule has 1 aliphatic heterocycles. The zero-order valence-corrected chi connectivity index (χ0v) is 12.2. The molecule has 0 aromatic heterocycles. The molecule has 1 aromatic rings. The predicted molar refractivity (Wildman–Crippen MR) is 79.7 cm³/mol. The lowest BCUT2D eigenvalue weighted by Crippen LogP contribution is -2.49. The Morgan fingerprint density at radius 1 is 1.47 bits per heavy atom. The summed E-state index contributed by atoms with van der Waals surface area (Å²) in [7, 11) is 2.12. The molecule has 2 N–H and O–H groups in total. The molecule has 0 bridgehead atoms. The van der Waals surface area contributed by atoms with Crippen molar-refractivity contribution in [1.82, 2.24) is 9.80 Å². The third-order valence-electron chi connectivity index (χ3n) is 3.78. The minimum atomic E-state index is -0.225. The lowest BCUT2D eigenvalue weighted by atomic mass is 10.1. The van der Waals surface area contributed by atoms with Gasteiger partial charge in [-0.15, -0.1) is 0 Å². The zero-order chi connectivity index (χ0) is 14.0. The van der Waals surface area contributed by atoms with Crippen LogP contribution in [0.25, 0.3) is 0 Å². The number of hydrogen-bond acceptors (Lipinski definition) is 3. The Labute approximate surface area is 119 Å². The van der Waals surface area contributed by atoms with Crippen molar-refractivity contribution in [2.45, 2.75) is 19.5 Å². The largest absolute Gasteiger partial charge is 0.389 e. The van der Waals surface area contributed by atoms with Crippen LogP contribution in [0.2, 0.25) is 0 Å². The number of nitrogens with zero attached hydrogens (tertiary/aromatic N) is 2. The van der Waals surface area contributed by atoms with E-state index in [-0.39, 0.29) is 10.8 Å². The summed E-state index contributed by atoms with van der Waals surface area (Å²) >= 11 is 4.85. The molecule has 1 unspecified atom stereocenters. The molecule has 1 aromatic carbocycles. The Kier molecular flexibility index (Phi) is 4.50. The number of piperazine rings is 1. The highest BCUT2D eigenvalue weighted by Gasteiger charge is 2.21. The Morgan fingerprint density at radius 3 is 2.79 bits per heavy atom. The monoisotopic (exact) mass is 281 g/mol. The standard InChI is InChI=1S/C14H20FN3S/c1-10-8-18(6-5-17(10)2)9-12-4-3-11(14(16)19)7-13(12)15/h3-4,7,10H,5-6,8-9H2,1-2H3,(H2,16,19). The maximum Gasteiger partial charge on any atom is 0.128 e. The van der Waals surface area contributed by atoms with Crippen molar-refractivity contribution < 1.29 is 4.39 Å². The van der Waals surface area contributed by atoms with E-state index >= 15 is 0 Å². The average molecular weight is 281 g/mol. The Bertz CT molecular complexity index is 478. The van der Waals surface area contributed by atoms with Gasteiger partial charge in [0.25, 0.3) is 0 Å². The van der Waals surface area contributed by atoms with Gasteiger partial charge in [-0.05, 0) is 20.0 Å². The molecular weight excluding hydrogens is 261 g/mol. The first-order chi connectivity index (χ1) is 8.97. The fourth-order valence-corrected chi connectivity index (χ4v) is 2.46. The van der Waals surface area contributed by atoms with Crippen LogP contribution in [0, 0.1) is 5.82 Å². The number of likely N-dealkylation sites (N-methyl/N-ethyl adjacent to an activating group) is 1. The van der Waals surface area contributed by atoms with Crippen molar-refractivity contribution in [3.8, 4) is 0 Å². The number of benzene rings is 1. The zero-order valence-electron chi connectivity index (χ0n) is 11.4. The molecule has 3 nitrogen and oxygen atoms in total. The molecule has 19 heavy (non-hydrogen) atoms. The van der Waals surface area contributed by atoms with E-state index < -0.39 is 0 Å². The molecule has 1 heterocycles. The quantitative estimate of drug-likeness (QED) is 0.853. The van der Waals surface area contributed by atoms with Crippen LogP contribution in [-0.2, 0) is 6.54 Å². The van der Waals surface area contributed by atoms with Crippen molar-refractivity contribution in [2.24, 2.45) is 5.73 Å². The normalized spacial score (nSPS) is 21.5. The summed E-state index contributed by atoms with van der Waals surface area (Å²) in [5.41, 5.74) is 6.79. The van der Waals surface area contributed by atoms with E-state index in [2.05, 4.69) is 23.8 Å². The number of halogens is 1. The van der Waals surface area contributed by atoms with Gasteiger partial charge in [0, 0.05) is 43.3 Å². The van der Waals surface area contributed by atoms with Crippen LogP contribution in [0.4, 0.5) is 4.39 Å². The molecule has 0 radical (unpaired) electrons. The number of hydrogen-bond donors (Lipinski definition) is 1. The van der Waals surface area contributed by atoms with E-state index in [4.69, 9.17) is 18.0 Å². The second-order valence-electron chi connectivity index (χ2n) is 5.24. The fraction of sp³-hybridized carbons (Fsp3) is 0.500. The van der Waals surface area contributed by atoms with Crippen molar-refractivity contribution in [2.75, 3.05) is 26.7 Å². The number of rotatable bonds is 3. The smallest absolute Gasteiger partial charge is 0.128 e. The lowest BCUT2D eigenvalue weighted by molar-refractivity contribution is 0.0991. The van der Waals surface area contributed by atoms with E-state index in [1.165, 1.54) is 6.07 Å². The minimum Gasteiger partial charge on any atom is -0.389 e. The van der Waals surface area contributed by atoms with Gasteiger partial charge in [0.05, 0.1) is 0 Å². The summed E-state index contributed by atoms with van der Waals surface area (Å²) in [5, 5.41) is 0. The molecule has 0 amide bonds. The van der Waals surface area contributed by atoms with Gasteiger partial charge < -0.3 is 10.6 Å². The average Bonchev–Trinajstić information content (AvgIpc) is 2.36. The van der Waals surface area contributed by atoms with E-state index in [0.717, 1.165) is 19.6 Å². The minimum absolute atomic E-state index is 0.225. The van der Waals surface area contributed by atoms with E-state index in [1.807, 2.05) is 0 Å². The van der Waals surface area contributed by atoms with E-state index in [9.17, 15) is 4.39 Å². The van der Waals surface area contributed by atoms with Crippen molar-refractivity contribution >= 4 is 17.2 Å². The van der Waals surface area contributed by atoms with Crippen LogP contribution < -0.4 is 5.73 Å². The van der Waals surface area contributed by atoms with Gasteiger partial charge in [0.1, 0.15) is 10.8 Å². The maximum absolute atomic E-state index is 14.0. The fourth-order valence-electron chi connectivity index (χ4n) is 2.34. The molecular formula is C14H20FN3S. The SMILES string of the molecule is CC1CN(Cc2ccc(C(N)=S)cc2F)CCN1C. The first-order valence-corrected chi connectivity index (χ1v) is 6.89. The summed E-state index contributed by atoms with van der Waals surface area (Å²) in [4.78, 5) is 4.84. The maximum atomic E-state index is 14.0. The molecule has 5 heteroatoms. The summed E-state index contributed by atoms with van der Waals surface area (Å²) in [6, 6.07) is 5.51. The molecule has 104 valence electrons. The summed E-state index contributed by atoms with van der Waals surface area (Å²) < 4.78 is 14.0. The molecule has 0 saturated carbocycles. The first kappa shape index (κ1) is 14.4. The number of nitrogens with two attached hydrogens (primary N) is 1. The van der Waals surface area contributed by atoms with Gasteiger partial charge in [-0.3, -0.25) is 4.90 Å². The van der Waals surface area contributed by atoms with Crippen molar-refractivity contribution in [1.29, 1.82) is 0 Å². The van der Waals surface area contributed by atoms with Crippen molar-refractivity contribution in [3.05, 3.63) is 35.1 Å². The van der Waals surface area contributed by atoms with E-state index in [0.29, 0.717) is 23.7 Å². The lowest BCUT2D eigenvalue weighted by Gasteiger charge is -2.37. The second-order valence-corrected chi connectivity index (χ2v) is 5.68. The predicted octanol–water partition coefficient (Wildman–Crippen LogP) is 1.60. The highest BCUT2D eigenvalue weighted by Crippen LogP contribution is 2.15. The molecule has 1 aliphatic rings. The van der Waals surface area contributed by atoms with Gasteiger partial charge in [0.2, 0.25) is 0 Å². The van der Waals surface area contributed by atoms with Crippen molar-refractivity contribution in [3.63, 3.8) is 0 Å². The van der Waals surface area contributed by atoms with Gasteiger partial charge in [-0.2, -0.15) is 0 Å². The van der Waals surface area contributed by atoms with Crippen LogP contribution >= 0.6 is 12.2 Å². The van der Waals surface area contributed by atoms with Crippen LogP contribution in [0.3, 0.4) is 0 Å². The molecule has 1 atom stereocenters. The Morgan fingerprint density at radius 2 is 2.21 bits per heavy atom. The second kappa shape index (κ2) is 5.94. The summed E-state index contributed by atoms with van der Waals surface area (Å²) in [5.74, 6) is -0.225. The summed E-state index contributed by atoms with van der Waals surface area (Å²) in [6.45, 7) is 5.79. The third-order valence-corrected chi connectivity index (χ3v) is 4.01. The topological polar surface area (TPSA) is 32.5 Å².